The Morgan fingerprint density at radius 2 is 0.762 bits per heavy atom. The summed E-state index contributed by atoms with van der Waals surface area (Å²) in [5.41, 5.74) is 9.78. The fraction of sp³-hybridized carbons (Fsp3) is 0.178. The number of aryl methyl sites for hydroxylation is 1. The van der Waals surface area contributed by atoms with Crippen LogP contribution in [0.3, 0.4) is 0 Å². The Labute approximate surface area is 728 Å². The van der Waals surface area contributed by atoms with Gasteiger partial charge in [-0.3, -0.25) is 43.9 Å². The van der Waals surface area contributed by atoms with Crippen molar-refractivity contribution >= 4 is 130 Å². The van der Waals surface area contributed by atoms with E-state index in [1.807, 2.05) is 114 Å². The number of piperazine rings is 1. The molecule has 7 aromatic heterocycles. The summed E-state index contributed by atoms with van der Waals surface area (Å²) in [5.74, 6) is 0.408. The van der Waals surface area contributed by atoms with Crippen molar-refractivity contribution in [3.8, 4) is 45.0 Å². The number of pyridine rings is 6. The summed E-state index contributed by atoms with van der Waals surface area (Å²) in [7, 11) is -7.16. The predicted octanol–water partition coefficient (Wildman–Crippen LogP) is 17.9. The van der Waals surface area contributed by atoms with Gasteiger partial charge >= 0.3 is 0 Å². The molecule has 1 saturated heterocycles. The van der Waals surface area contributed by atoms with Crippen LogP contribution in [0, 0.1) is 0 Å². The van der Waals surface area contributed by atoms with Crippen LogP contribution in [0.4, 0.5) is 34.4 Å². The summed E-state index contributed by atoms with van der Waals surface area (Å²) in [6, 6.07) is 61.9. The first-order valence-electron chi connectivity index (χ1n) is 38.9. The number of halogens is 4. The Bertz CT molecular complexity index is 5720. The number of rotatable bonds is 28. The van der Waals surface area contributed by atoms with Crippen LogP contribution in [0.1, 0.15) is 94.3 Å². The average molecular weight is 1760 g/mol. The highest BCUT2D eigenvalue weighted by atomic mass is 35.5. The van der Waals surface area contributed by atoms with Gasteiger partial charge in [-0.15, -0.1) is 0 Å². The minimum atomic E-state index is -3.58. The molecule has 1 aliphatic heterocycles. The van der Waals surface area contributed by atoms with Crippen molar-refractivity contribution in [2.24, 2.45) is 0 Å². The molecule has 32 heteroatoms. The van der Waals surface area contributed by atoms with Gasteiger partial charge in [0.1, 0.15) is 11.6 Å². The van der Waals surface area contributed by atoms with Gasteiger partial charge in [0.2, 0.25) is 26.0 Å². The second-order valence-corrected chi connectivity index (χ2v) is 32.6. The second kappa shape index (κ2) is 44.6. The number of anilines is 6. The zero-order valence-electron chi connectivity index (χ0n) is 66.6. The van der Waals surface area contributed by atoms with E-state index >= 15 is 0 Å². The highest BCUT2D eigenvalue weighted by Crippen LogP contribution is 2.34. The maximum atomic E-state index is 12.7. The number of imidazole rings is 1. The molecule has 26 nitrogen and oxygen atoms in total. The SMILES string of the molecule is CC(=O)N1CCN(c2ccc(C(=O)Nc3ccc(Cl)c(-c4ccccn4)c3)cn2)CC1.CCCCNS(=O)(=O)c1ccc(C(=O)Nc2ccc(Cl)c(-c3ccccn3)c2)cc1.CCCCNS(=O)(=O)c1ccc(C(=O)Nc2ccc(Cl)c(-c3ccccn3)c2)cc1.O=C(Nc1ccc(Cl)c(-c2ccccn2)c1)c1ccc(NCCCn2ccnc2)nc1. The summed E-state index contributed by atoms with van der Waals surface area (Å²) in [6.07, 6.45) is 19.6. The normalized spacial score (nSPS) is 11.7. The van der Waals surface area contributed by atoms with Crippen LogP contribution in [-0.4, -0.2) is 137 Å². The maximum Gasteiger partial charge on any atom is 0.257 e. The highest BCUT2D eigenvalue weighted by molar-refractivity contribution is 7.89. The summed E-state index contributed by atoms with van der Waals surface area (Å²) < 4.78 is 56.1. The topological polar surface area (TPSA) is 339 Å². The van der Waals surface area contributed by atoms with Gasteiger partial charge in [-0.1, -0.05) is 97.4 Å². The summed E-state index contributed by atoms with van der Waals surface area (Å²) in [5, 5.41) is 16.8. The van der Waals surface area contributed by atoms with Gasteiger partial charge in [-0.25, -0.2) is 41.2 Å². The maximum absolute atomic E-state index is 12.7. The number of nitrogens with one attached hydrogen (secondary N) is 7. The largest absolute Gasteiger partial charge is 0.370 e. The first kappa shape index (κ1) is 90.1. The Balaban J connectivity index is 0.000000159. The smallest absolute Gasteiger partial charge is 0.257 e. The van der Waals surface area contributed by atoms with Gasteiger partial charge in [0, 0.05) is 165 Å². The van der Waals surface area contributed by atoms with Crippen LogP contribution < -0.4 is 40.9 Å². The van der Waals surface area contributed by atoms with E-state index in [0.29, 0.717) is 114 Å². The summed E-state index contributed by atoms with van der Waals surface area (Å²) in [4.78, 5) is 96.2. The molecular weight excluding hydrogens is 1670 g/mol. The number of hydrogen-bond acceptors (Lipinski definition) is 18. The third kappa shape index (κ3) is 26.2. The quantitative estimate of drug-likeness (QED) is 0.0224. The van der Waals surface area contributed by atoms with E-state index in [2.05, 4.69) is 75.8 Å². The van der Waals surface area contributed by atoms with E-state index in [4.69, 9.17) is 46.4 Å². The first-order chi connectivity index (χ1) is 59.0. The van der Waals surface area contributed by atoms with Gasteiger partial charge in [0.25, 0.3) is 23.6 Å². The lowest BCUT2D eigenvalue weighted by molar-refractivity contribution is -0.129. The van der Waals surface area contributed by atoms with Crippen molar-refractivity contribution < 1.29 is 40.8 Å². The molecule has 7 N–H and O–H groups in total. The van der Waals surface area contributed by atoms with Crippen LogP contribution >= 0.6 is 46.4 Å². The van der Waals surface area contributed by atoms with E-state index < -0.39 is 20.0 Å². The Morgan fingerprint density at radius 1 is 0.393 bits per heavy atom. The molecule has 13 aromatic rings. The van der Waals surface area contributed by atoms with Crippen LogP contribution in [0.25, 0.3) is 45.0 Å². The Morgan fingerprint density at radius 3 is 1.08 bits per heavy atom. The molecule has 6 aromatic carbocycles. The van der Waals surface area contributed by atoms with Crippen molar-refractivity contribution in [1.29, 1.82) is 0 Å². The number of hydrogen-bond donors (Lipinski definition) is 7. The third-order valence-corrected chi connectivity index (χ3v) is 23.0. The zero-order chi connectivity index (χ0) is 86.4. The molecule has 122 heavy (non-hydrogen) atoms. The summed E-state index contributed by atoms with van der Waals surface area (Å²) >= 11 is 25.2. The lowest BCUT2D eigenvalue weighted by atomic mass is 10.1. The average Bonchev–Trinajstić information content (AvgIpc) is 0.867. The molecule has 0 spiro atoms. The number of nitrogens with zero attached hydrogens (tertiary/aromatic N) is 10. The second-order valence-electron chi connectivity index (χ2n) is 27.4. The first-order valence-corrected chi connectivity index (χ1v) is 43.4. The molecule has 0 atom stereocenters. The Hall–Kier alpha value is -12.6. The van der Waals surface area contributed by atoms with Crippen LogP contribution in [0.5, 0.6) is 0 Å². The molecule has 0 radical (unpaired) electrons. The van der Waals surface area contributed by atoms with Gasteiger partial charge in [-0.05, 0) is 213 Å². The number of amides is 5. The number of aromatic nitrogens is 8. The van der Waals surface area contributed by atoms with Crippen molar-refractivity contribution in [1.82, 2.24) is 53.8 Å². The highest BCUT2D eigenvalue weighted by Gasteiger charge is 2.23. The van der Waals surface area contributed by atoms with Gasteiger partial charge in [0.05, 0.1) is 70.1 Å². The van der Waals surface area contributed by atoms with E-state index in [1.165, 1.54) is 48.5 Å². The predicted molar refractivity (Wildman–Crippen MR) is 482 cm³/mol. The molecular formula is C90H87Cl4N17O9S2. The van der Waals surface area contributed by atoms with Gasteiger partial charge in [-0.2, -0.15) is 0 Å². The van der Waals surface area contributed by atoms with Crippen LogP contribution in [0.15, 0.2) is 284 Å². The van der Waals surface area contributed by atoms with E-state index in [1.54, 1.807) is 142 Å². The van der Waals surface area contributed by atoms with E-state index in [9.17, 15) is 40.8 Å². The fourth-order valence-electron chi connectivity index (χ4n) is 12.1. The van der Waals surface area contributed by atoms with Crippen molar-refractivity contribution in [3.05, 3.63) is 317 Å². The standard InChI is InChI=1S/C23H21ClN6O.C23H22ClN5O2.2C22H22ClN3O3S/c24-20-7-6-18(14-19(20)21-4-1-2-9-26-21)29-23(31)17-5-8-22(28-15-17)27-10-3-12-30-13-11-25-16-30;1-16(30)28-10-12-29(13-11-28)22-8-5-17(15-26-22)23(31)27-18-6-7-20(24)19(14-18)21-4-2-3-9-25-21;2*1-2-3-14-25-30(28,29)18-10-7-16(8-11-18)22(27)26-17-9-12-20(23)19(15-17)21-6-4-5-13-24-21/h1-2,4-9,11,13-16H,3,10,12H2,(H,27,28)(H,29,31);2-9,14-15H,10-13H2,1H3,(H,27,31);2*4-13,15,25H,2-3,14H2,1H3,(H,26,27). The van der Waals surface area contributed by atoms with Crippen molar-refractivity contribution in [2.75, 3.05) is 77.3 Å². The molecule has 626 valence electrons. The zero-order valence-corrected chi connectivity index (χ0v) is 71.3. The lowest BCUT2D eigenvalue weighted by Crippen LogP contribution is -2.48. The monoisotopic (exact) mass is 1750 g/mol. The molecule has 0 aliphatic carbocycles. The van der Waals surface area contributed by atoms with Crippen molar-refractivity contribution in [2.45, 2.75) is 69.2 Å². The van der Waals surface area contributed by atoms with Crippen LogP contribution in [-0.2, 0) is 31.4 Å². The molecule has 1 fully saturated rings. The van der Waals surface area contributed by atoms with Crippen LogP contribution in [0.2, 0.25) is 20.1 Å². The van der Waals surface area contributed by atoms with Gasteiger partial charge in [0.15, 0.2) is 0 Å². The Kier molecular flexibility index (Phi) is 32.9. The minimum absolute atomic E-state index is 0.0908. The number of sulfonamides is 2. The minimum Gasteiger partial charge on any atom is -0.370 e. The van der Waals surface area contributed by atoms with Gasteiger partial charge < -0.3 is 41.0 Å². The molecule has 5 amide bonds. The number of benzene rings is 6. The summed E-state index contributed by atoms with van der Waals surface area (Å²) in [6.45, 7) is 10.8. The lowest BCUT2D eigenvalue weighted by Gasteiger charge is -2.34. The molecule has 8 heterocycles. The molecule has 14 rings (SSSR count). The number of unbranched alkanes of at least 4 members (excludes halogenated alkanes) is 2. The molecule has 0 unspecified atom stereocenters. The third-order valence-electron chi connectivity index (χ3n) is 18.7. The molecule has 0 bridgehead atoms. The molecule has 0 saturated carbocycles. The van der Waals surface area contributed by atoms with Crippen molar-refractivity contribution in [3.63, 3.8) is 0 Å². The molecule has 1 aliphatic rings. The number of carbonyl (C=O) groups is 5. The van der Waals surface area contributed by atoms with E-state index in [0.717, 1.165) is 92.4 Å². The number of carbonyl (C=O) groups excluding carboxylic acids is 5. The fourth-order valence-corrected chi connectivity index (χ4v) is 15.1. The van der Waals surface area contributed by atoms with E-state index in [-0.39, 0.29) is 39.3 Å².